The number of hydrogen-bond acceptors (Lipinski definition) is 6. The van der Waals surface area contributed by atoms with E-state index in [4.69, 9.17) is 19.8 Å². The molecule has 0 amide bonds. The van der Waals surface area contributed by atoms with Crippen LogP contribution in [0.1, 0.15) is 11.1 Å². The Morgan fingerprint density at radius 3 is 1.78 bits per heavy atom. The summed E-state index contributed by atoms with van der Waals surface area (Å²) in [4.78, 5) is 22.9. The Hall–Kier alpha value is -3.63. The molecule has 1 aromatic heterocycles. The van der Waals surface area contributed by atoms with E-state index in [0.29, 0.717) is 4.90 Å². The highest BCUT2D eigenvalue weighted by molar-refractivity contribution is 7.90. The zero-order valence-corrected chi connectivity index (χ0v) is 22.6. The smallest absolute Gasteiger partial charge is 0.475 e. The molecule has 2 N–H and O–H groups in total. The lowest BCUT2D eigenvalue weighted by Crippen LogP contribution is -2.43. The number of likely N-dealkylation sites (N-methyl/N-ethyl adjacent to an activating group) is 1. The van der Waals surface area contributed by atoms with E-state index in [0.717, 1.165) is 49.2 Å². The van der Waals surface area contributed by atoms with E-state index in [1.165, 1.54) is 9.54 Å². The van der Waals surface area contributed by atoms with Crippen molar-refractivity contribution in [2.45, 2.75) is 30.7 Å². The van der Waals surface area contributed by atoms with E-state index >= 15 is 0 Å². The molecule has 2 aromatic carbocycles. The number of carboxylic acid groups (broad SMARTS) is 2. The van der Waals surface area contributed by atoms with Crippen LogP contribution in [-0.2, 0) is 26.2 Å². The summed E-state index contributed by atoms with van der Waals surface area (Å²) in [5.74, 6) is -5.51. The van der Waals surface area contributed by atoms with Gasteiger partial charge in [-0.15, -0.1) is 0 Å². The number of fused-ring (bicyclic) bond motifs is 1. The van der Waals surface area contributed by atoms with Crippen LogP contribution < -0.4 is 0 Å². The fraction of sp³-hybridized carbons (Fsp3) is 0.360. The number of alkyl halides is 6. The molecule has 1 aliphatic rings. The first-order valence-corrected chi connectivity index (χ1v) is 13.2. The molecule has 1 fully saturated rings. The average molecular weight is 612 g/mol. The van der Waals surface area contributed by atoms with Gasteiger partial charge >= 0.3 is 24.3 Å². The number of rotatable bonds is 4. The third kappa shape index (κ3) is 9.19. The van der Waals surface area contributed by atoms with Crippen LogP contribution in [0, 0.1) is 6.92 Å². The van der Waals surface area contributed by atoms with Gasteiger partial charge < -0.3 is 15.1 Å². The average Bonchev–Trinajstić information content (AvgIpc) is 3.24. The number of halogens is 6. The molecule has 0 spiro atoms. The van der Waals surface area contributed by atoms with Crippen molar-refractivity contribution >= 4 is 32.9 Å². The highest BCUT2D eigenvalue weighted by Crippen LogP contribution is 2.29. The Labute approximate surface area is 231 Å². The molecule has 0 atom stereocenters. The molecular weight excluding hydrogens is 584 g/mol. The van der Waals surface area contributed by atoms with Gasteiger partial charge in [0.25, 0.3) is 10.0 Å². The number of nitrogens with zero attached hydrogens (tertiary/aromatic N) is 3. The fourth-order valence-electron chi connectivity index (χ4n) is 3.82. The van der Waals surface area contributed by atoms with Gasteiger partial charge in [-0.05, 0) is 43.3 Å². The molecule has 1 saturated heterocycles. The van der Waals surface area contributed by atoms with Gasteiger partial charge in [-0.3, -0.25) is 4.90 Å². The largest absolute Gasteiger partial charge is 0.490 e. The number of carboxylic acids is 2. The van der Waals surface area contributed by atoms with Crippen molar-refractivity contribution in [1.29, 1.82) is 0 Å². The van der Waals surface area contributed by atoms with E-state index in [9.17, 15) is 34.8 Å². The summed E-state index contributed by atoms with van der Waals surface area (Å²) in [6.45, 7) is 7.05. The summed E-state index contributed by atoms with van der Waals surface area (Å²) >= 11 is 0. The second-order valence-corrected chi connectivity index (χ2v) is 10.7. The van der Waals surface area contributed by atoms with E-state index in [1.54, 1.807) is 30.5 Å². The SMILES string of the molecule is Cc1cn(S(=O)(=O)c2ccccc2)c2cccc(CN3CCN(C)CC3)c12.O=C(O)C(F)(F)F.O=C(O)C(F)(F)F. The summed E-state index contributed by atoms with van der Waals surface area (Å²) in [5, 5.41) is 15.3. The van der Waals surface area contributed by atoms with Gasteiger partial charge in [0.05, 0.1) is 10.4 Å². The molecule has 0 saturated carbocycles. The highest BCUT2D eigenvalue weighted by Gasteiger charge is 2.38. The first kappa shape index (κ1) is 33.6. The maximum Gasteiger partial charge on any atom is 0.490 e. The number of piperazine rings is 1. The Bertz CT molecular complexity index is 1420. The predicted octanol–water partition coefficient (Wildman–Crippen LogP) is 4.20. The predicted molar refractivity (Wildman–Crippen MR) is 136 cm³/mol. The number of carbonyl (C=O) groups is 2. The van der Waals surface area contributed by atoms with Crippen LogP contribution in [-0.4, -0.2) is 89.9 Å². The summed E-state index contributed by atoms with van der Waals surface area (Å²) in [6.07, 6.45) is -8.42. The molecule has 0 radical (unpaired) electrons. The molecule has 3 aromatic rings. The summed E-state index contributed by atoms with van der Waals surface area (Å²) < 4.78 is 91.2. The summed E-state index contributed by atoms with van der Waals surface area (Å²) in [7, 11) is -1.46. The molecule has 2 heterocycles. The second kappa shape index (κ2) is 13.4. The Kier molecular flexibility index (Phi) is 10.9. The van der Waals surface area contributed by atoms with Crippen molar-refractivity contribution in [2.75, 3.05) is 33.2 Å². The Balaban J connectivity index is 0.000000349. The van der Waals surface area contributed by atoms with Crippen LogP contribution in [0.15, 0.2) is 59.6 Å². The summed E-state index contributed by atoms with van der Waals surface area (Å²) in [6, 6.07) is 14.6. The fourth-order valence-corrected chi connectivity index (χ4v) is 5.26. The van der Waals surface area contributed by atoms with Gasteiger partial charge in [0, 0.05) is 44.3 Å². The molecule has 16 heteroatoms. The van der Waals surface area contributed by atoms with Crippen molar-refractivity contribution in [3.63, 3.8) is 0 Å². The molecule has 9 nitrogen and oxygen atoms in total. The van der Waals surface area contributed by atoms with Crippen molar-refractivity contribution in [1.82, 2.24) is 13.8 Å². The van der Waals surface area contributed by atoms with E-state index in [1.807, 2.05) is 25.1 Å². The first-order chi connectivity index (χ1) is 18.9. The number of aryl methyl sites for hydroxylation is 1. The number of benzene rings is 2. The maximum atomic E-state index is 13.1. The Morgan fingerprint density at radius 1 is 0.829 bits per heavy atom. The van der Waals surface area contributed by atoms with Crippen molar-refractivity contribution in [3.8, 4) is 0 Å². The van der Waals surface area contributed by atoms with Crippen LogP contribution in [0.3, 0.4) is 0 Å². The van der Waals surface area contributed by atoms with Gasteiger partial charge in [-0.2, -0.15) is 26.3 Å². The number of hydrogen-bond donors (Lipinski definition) is 2. The second-order valence-electron chi connectivity index (χ2n) is 8.92. The standard InChI is InChI=1S/C21H25N3O2S.2C2HF3O2/c1-17-15-24(27(25,26)19-8-4-3-5-9-19)20-10-6-7-18(21(17)20)16-23-13-11-22(2)12-14-23;2*3-2(4,5)1(6)7/h3-10,15H,11-14,16H2,1-2H3;2*(H,6,7). The zero-order valence-electron chi connectivity index (χ0n) is 21.8. The normalized spacial score (nSPS) is 14.9. The lowest BCUT2D eigenvalue weighted by Gasteiger charge is -2.32. The number of aromatic nitrogens is 1. The first-order valence-electron chi connectivity index (χ1n) is 11.8. The highest BCUT2D eigenvalue weighted by atomic mass is 32.2. The third-order valence-corrected chi connectivity index (χ3v) is 7.53. The minimum atomic E-state index is -5.08. The topological polar surface area (TPSA) is 120 Å². The molecule has 0 bridgehead atoms. The van der Waals surface area contributed by atoms with Crippen molar-refractivity contribution in [3.05, 3.63) is 65.9 Å². The van der Waals surface area contributed by atoms with Gasteiger partial charge in [-0.1, -0.05) is 30.3 Å². The Morgan fingerprint density at radius 2 is 1.32 bits per heavy atom. The third-order valence-electron chi connectivity index (χ3n) is 5.85. The minimum Gasteiger partial charge on any atom is -0.475 e. The van der Waals surface area contributed by atoms with Crippen LogP contribution in [0.4, 0.5) is 26.3 Å². The molecular formula is C25H27F6N3O6S. The van der Waals surface area contributed by atoms with Gasteiger partial charge in [-0.25, -0.2) is 22.0 Å². The van der Waals surface area contributed by atoms with Gasteiger partial charge in [0.15, 0.2) is 0 Å². The molecule has 226 valence electrons. The molecule has 1 aliphatic heterocycles. The quantitative estimate of drug-likeness (QED) is 0.422. The van der Waals surface area contributed by atoms with E-state index < -0.39 is 34.3 Å². The minimum absolute atomic E-state index is 0.311. The van der Waals surface area contributed by atoms with Gasteiger partial charge in [0.2, 0.25) is 0 Å². The van der Waals surface area contributed by atoms with Crippen LogP contribution in [0.25, 0.3) is 10.9 Å². The van der Waals surface area contributed by atoms with E-state index in [2.05, 4.69) is 22.9 Å². The molecule has 4 rings (SSSR count). The molecule has 0 aliphatic carbocycles. The maximum absolute atomic E-state index is 13.1. The molecule has 0 unspecified atom stereocenters. The van der Waals surface area contributed by atoms with Crippen LogP contribution >= 0.6 is 0 Å². The lowest BCUT2D eigenvalue weighted by molar-refractivity contribution is -0.193. The summed E-state index contributed by atoms with van der Waals surface area (Å²) in [5.41, 5.74) is 2.94. The van der Waals surface area contributed by atoms with E-state index in [-0.39, 0.29) is 0 Å². The van der Waals surface area contributed by atoms with Crippen LogP contribution in [0.5, 0.6) is 0 Å². The molecule has 41 heavy (non-hydrogen) atoms. The van der Waals surface area contributed by atoms with Gasteiger partial charge in [0.1, 0.15) is 0 Å². The zero-order chi connectivity index (χ0) is 31.2. The van der Waals surface area contributed by atoms with Crippen molar-refractivity contribution < 1.29 is 54.6 Å². The lowest BCUT2D eigenvalue weighted by atomic mass is 10.1. The van der Waals surface area contributed by atoms with Crippen LogP contribution in [0.2, 0.25) is 0 Å². The number of aliphatic carboxylic acids is 2. The van der Waals surface area contributed by atoms with Crippen molar-refractivity contribution in [2.24, 2.45) is 0 Å². The monoisotopic (exact) mass is 611 g/mol.